The number of urea groups is 1. The first-order valence-corrected chi connectivity index (χ1v) is 9.93. The zero-order chi connectivity index (χ0) is 20.2. The first-order chi connectivity index (χ1) is 14.1. The zero-order valence-corrected chi connectivity index (χ0v) is 16.1. The summed E-state index contributed by atoms with van der Waals surface area (Å²) in [5.74, 6) is -0.306. The maximum absolute atomic E-state index is 14.0. The minimum absolute atomic E-state index is 0.0290. The van der Waals surface area contributed by atoms with Crippen LogP contribution in [0.1, 0.15) is 34.9 Å². The lowest BCUT2D eigenvalue weighted by atomic mass is 10.1. The fourth-order valence-electron chi connectivity index (χ4n) is 3.76. The highest BCUT2D eigenvalue weighted by Crippen LogP contribution is 2.25. The number of morpholine rings is 1. The average molecular weight is 397 g/mol. The second-order valence-electron chi connectivity index (χ2n) is 7.33. The van der Waals surface area contributed by atoms with Gasteiger partial charge in [-0.05, 0) is 43.2 Å². The molecule has 1 atom stereocenters. The summed E-state index contributed by atoms with van der Waals surface area (Å²) < 4.78 is 19.7. The lowest BCUT2D eigenvalue weighted by Gasteiger charge is -2.33. The Morgan fingerprint density at radius 2 is 1.69 bits per heavy atom. The van der Waals surface area contributed by atoms with Crippen molar-refractivity contribution in [1.82, 2.24) is 9.80 Å². The van der Waals surface area contributed by atoms with Crippen LogP contribution >= 0.6 is 0 Å². The molecule has 0 radical (unpaired) electrons. The summed E-state index contributed by atoms with van der Waals surface area (Å²) in [6.07, 6.45) is 1.61. The molecule has 0 saturated carbocycles. The number of ether oxygens (including phenoxy) is 1. The fourth-order valence-corrected chi connectivity index (χ4v) is 3.76. The van der Waals surface area contributed by atoms with Crippen molar-refractivity contribution in [2.24, 2.45) is 0 Å². The molecule has 1 N–H and O–H groups in total. The van der Waals surface area contributed by atoms with E-state index in [1.54, 1.807) is 47.4 Å². The van der Waals surface area contributed by atoms with E-state index >= 15 is 0 Å². The summed E-state index contributed by atoms with van der Waals surface area (Å²) in [6.45, 7) is 2.66. The van der Waals surface area contributed by atoms with Crippen LogP contribution in [0.25, 0.3) is 0 Å². The molecule has 2 heterocycles. The molecule has 0 bridgehead atoms. The Kier molecular flexibility index (Phi) is 5.76. The Bertz CT molecular complexity index is 881. The number of benzene rings is 2. The second-order valence-corrected chi connectivity index (χ2v) is 7.33. The van der Waals surface area contributed by atoms with Gasteiger partial charge >= 0.3 is 6.03 Å². The van der Waals surface area contributed by atoms with E-state index in [9.17, 15) is 14.0 Å². The third kappa shape index (κ3) is 4.40. The molecule has 2 aliphatic rings. The largest absolute Gasteiger partial charge is 0.370 e. The highest BCUT2D eigenvalue weighted by atomic mass is 19.1. The molecule has 152 valence electrons. The summed E-state index contributed by atoms with van der Waals surface area (Å²) in [5.41, 5.74) is 1.69. The van der Waals surface area contributed by atoms with Crippen LogP contribution in [0.3, 0.4) is 0 Å². The molecule has 0 aromatic heterocycles. The molecule has 1 unspecified atom stereocenters. The summed E-state index contributed by atoms with van der Waals surface area (Å²) in [4.78, 5) is 28.5. The molecule has 2 fully saturated rings. The Morgan fingerprint density at radius 1 is 0.966 bits per heavy atom. The van der Waals surface area contributed by atoms with Gasteiger partial charge in [-0.1, -0.05) is 18.2 Å². The molecule has 4 rings (SSSR count). The van der Waals surface area contributed by atoms with E-state index < -0.39 is 6.10 Å². The Hall–Kier alpha value is -2.93. The number of rotatable bonds is 3. The minimum atomic E-state index is -0.490. The topological polar surface area (TPSA) is 61.9 Å². The second kappa shape index (κ2) is 8.61. The van der Waals surface area contributed by atoms with Crippen molar-refractivity contribution in [3.63, 3.8) is 0 Å². The van der Waals surface area contributed by atoms with Crippen LogP contribution in [0.2, 0.25) is 0 Å². The van der Waals surface area contributed by atoms with Crippen molar-refractivity contribution in [3.8, 4) is 0 Å². The highest BCUT2D eigenvalue weighted by molar-refractivity contribution is 5.95. The molecule has 0 aliphatic carbocycles. The van der Waals surface area contributed by atoms with Crippen molar-refractivity contribution in [1.29, 1.82) is 0 Å². The maximum Gasteiger partial charge on any atom is 0.322 e. The summed E-state index contributed by atoms with van der Waals surface area (Å²) in [6, 6.07) is 13.1. The van der Waals surface area contributed by atoms with Crippen molar-refractivity contribution in [3.05, 3.63) is 65.5 Å². The van der Waals surface area contributed by atoms with E-state index in [4.69, 9.17) is 4.74 Å². The van der Waals surface area contributed by atoms with E-state index in [-0.39, 0.29) is 24.3 Å². The van der Waals surface area contributed by atoms with E-state index in [1.165, 1.54) is 6.07 Å². The van der Waals surface area contributed by atoms with Gasteiger partial charge in [-0.3, -0.25) is 4.79 Å². The molecule has 2 aromatic rings. The molecule has 0 spiro atoms. The van der Waals surface area contributed by atoms with Crippen LogP contribution in [-0.2, 0) is 4.74 Å². The third-order valence-electron chi connectivity index (χ3n) is 5.38. The van der Waals surface area contributed by atoms with E-state index in [2.05, 4.69) is 5.32 Å². The third-order valence-corrected chi connectivity index (χ3v) is 5.38. The van der Waals surface area contributed by atoms with Crippen molar-refractivity contribution >= 4 is 17.6 Å². The maximum atomic E-state index is 14.0. The zero-order valence-electron chi connectivity index (χ0n) is 16.1. The van der Waals surface area contributed by atoms with Crippen LogP contribution in [-0.4, -0.2) is 54.5 Å². The summed E-state index contributed by atoms with van der Waals surface area (Å²) in [7, 11) is 0. The van der Waals surface area contributed by atoms with E-state index in [1.807, 2.05) is 4.90 Å². The lowest BCUT2D eigenvalue weighted by Crippen LogP contribution is -2.44. The molecular weight excluding hydrogens is 373 g/mol. The fraction of sp³-hybridized carbons (Fsp3) is 0.364. The number of hydrogen-bond acceptors (Lipinski definition) is 3. The van der Waals surface area contributed by atoms with Crippen LogP contribution < -0.4 is 5.32 Å². The van der Waals surface area contributed by atoms with E-state index in [0.29, 0.717) is 30.0 Å². The number of carbonyl (C=O) groups is 2. The monoisotopic (exact) mass is 397 g/mol. The van der Waals surface area contributed by atoms with Gasteiger partial charge in [0.05, 0.1) is 13.2 Å². The average Bonchev–Trinajstić information content (AvgIpc) is 3.29. The van der Waals surface area contributed by atoms with Crippen molar-refractivity contribution < 1.29 is 18.7 Å². The van der Waals surface area contributed by atoms with Gasteiger partial charge in [-0.25, -0.2) is 9.18 Å². The molecule has 6 nitrogen and oxygen atoms in total. The van der Waals surface area contributed by atoms with Gasteiger partial charge in [-0.2, -0.15) is 0 Å². The Labute approximate surface area is 169 Å². The normalized spacial score (nSPS) is 19.3. The Morgan fingerprint density at radius 3 is 2.41 bits per heavy atom. The van der Waals surface area contributed by atoms with Crippen LogP contribution in [0.4, 0.5) is 14.9 Å². The number of halogens is 1. The van der Waals surface area contributed by atoms with Gasteiger partial charge in [0, 0.05) is 36.4 Å². The number of carbonyl (C=O) groups excluding carboxylic acids is 2. The van der Waals surface area contributed by atoms with E-state index in [0.717, 1.165) is 25.9 Å². The molecule has 3 amide bonds. The van der Waals surface area contributed by atoms with Gasteiger partial charge in [0.1, 0.15) is 11.9 Å². The minimum Gasteiger partial charge on any atom is -0.370 e. The van der Waals surface area contributed by atoms with Crippen LogP contribution in [0.5, 0.6) is 0 Å². The molecule has 2 aromatic carbocycles. The SMILES string of the molecule is O=C(Nc1ccc(C(=O)N2CCCC2)cc1)N1CCOC(c2ccccc2F)C1. The van der Waals surface area contributed by atoms with Gasteiger partial charge in [0.2, 0.25) is 0 Å². The number of hydrogen-bond donors (Lipinski definition) is 1. The predicted molar refractivity (Wildman–Crippen MR) is 107 cm³/mol. The van der Waals surface area contributed by atoms with Crippen LogP contribution in [0.15, 0.2) is 48.5 Å². The molecular formula is C22H24FN3O3. The molecule has 29 heavy (non-hydrogen) atoms. The first kappa shape index (κ1) is 19.4. The van der Waals surface area contributed by atoms with Gasteiger partial charge < -0.3 is 19.9 Å². The lowest BCUT2D eigenvalue weighted by molar-refractivity contribution is -0.0152. The van der Waals surface area contributed by atoms with Gasteiger partial charge in [0.15, 0.2) is 0 Å². The number of likely N-dealkylation sites (tertiary alicyclic amines) is 1. The molecule has 7 heteroatoms. The first-order valence-electron chi connectivity index (χ1n) is 9.93. The Balaban J connectivity index is 1.37. The number of nitrogens with zero attached hydrogens (tertiary/aromatic N) is 2. The van der Waals surface area contributed by atoms with Gasteiger partial charge in [-0.15, -0.1) is 0 Å². The van der Waals surface area contributed by atoms with Crippen LogP contribution in [0, 0.1) is 5.82 Å². The standard InChI is InChI=1S/C22H24FN3O3/c23-19-6-2-1-5-18(19)20-15-26(13-14-29-20)22(28)24-17-9-7-16(8-10-17)21(27)25-11-3-4-12-25/h1-2,5-10,20H,3-4,11-15H2,(H,24,28). The smallest absolute Gasteiger partial charge is 0.322 e. The van der Waals surface area contributed by atoms with Gasteiger partial charge in [0.25, 0.3) is 5.91 Å². The summed E-state index contributed by atoms with van der Waals surface area (Å²) >= 11 is 0. The number of amides is 3. The number of anilines is 1. The molecule has 2 saturated heterocycles. The predicted octanol–water partition coefficient (Wildman–Crippen LogP) is 3.67. The quantitative estimate of drug-likeness (QED) is 0.860. The van der Waals surface area contributed by atoms with Crippen molar-refractivity contribution in [2.45, 2.75) is 18.9 Å². The molecule has 2 aliphatic heterocycles. The number of nitrogens with one attached hydrogen (secondary N) is 1. The van der Waals surface area contributed by atoms with Crippen molar-refractivity contribution in [2.75, 3.05) is 38.1 Å². The summed E-state index contributed by atoms with van der Waals surface area (Å²) in [5, 5.41) is 2.85. The highest BCUT2D eigenvalue weighted by Gasteiger charge is 2.27.